The van der Waals surface area contributed by atoms with E-state index in [1.165, 1.54) is 184 Å². The predicted octanol–water partition coefficient (Wildman–Crippen LogP) is 19.8. The number of carbonyl (C=O) groups is 2. The lowest BCUT2D eigenvalue weighted by molar-refractivity contribution is -0.140. The highest BCUT2D eigenvalue weighted by Crippen LogP contribution is 2.48. The molecule has 7 saturated carbocycles. The van der Waals surface area contributed by atoms with Gasteiger partial charge in [-0.1, -0.05) is 140 Å². The van der Waals surface area contributed by atoms with E-state index in [9.17, 15) is 14.7 Å². The van der Waals surface area contributed by atoms with Crippen molar-refractivity contribution >= 4 is 92.2 Å². The van der Waals surface area contributed by atoms with Crippen LogP contribution in [-0.4, -0.2) is 64.8 Å². The average molecular weight is 1220 g/mol. The summed E-state index contributed by atoms with van der Waals surface area (Å²) >= 11 is 6.64. The van der Waals surface area contributed by atoms with Crippen LogP contribution >= 0.6 is 24.0 Å². The van der Waals surface area contributed by atoms with E-state index >= 15 is 0 Å². The van der Waals surface area contributed by atoms with Crippen LogP contribution in [-0.2, 0) is 9.59 Å². The van der Waals surface area contributed by atoms with Gasteiger partial charge in [-0.15, -0.1) is 0 Å². The third kappa shape index (κ3) is 13.7. The van der Waals surface area contributed by atoms with Gasteiger partial charge < -0.3 is 20.0 Å². The summed E-state index contributed by atoms with van der Waals surface area (Å²) in [6.45, 7) is 12.0. The molecule has 8 fully saturated rings. The number of fused-ring (bicyclic) bond motifs is 8. The van der Waals surface area contributed by atoms with Crippen LogP contribution in [0.25, 0.3) is 46.4 Å². The number of anilines is 1. The Hall–Kier alpha value is -5.18. The number of thioether (sulfide) groups is 1. The van der Waals surface area contributed by atoms with E-state index in [-0.39, 0.29) is 17.7 Å². The van der Waals surface area contributed by atoms with Gasteiger partial charge in [0.15, 0.2) is 0 Å². The Morgan fingerprint density at radius 2 is 1.11 bits per heavy atom. The van der Waals surface area contributed by atoms with E-state index in [4.69, 9.17) is 22.2 Å². The van der Waals surface area contributed by atoms with Crippen LogP contribution in [0.4, 0.5) is 5.69 Å². The first kappa shape index (κ1) is 61.7. The number of rotatable bonds is 11. The summed E-state index contributed by atoms with van der Waals surface area (Å²) in [5, 5.41) is 9.42. The molecule has 3 aromatic heterocycles. The van der Waals surface area contributed by atoms with E-state index in [2.05, 4.69) is 116 Å². The molecule has 6 unspecified atom stereocenters. The molecule has 11 heteroatoms. The summed E-state index contributed by atoms with van der Waals surface area (Å²) in [5.74, 6) is 12.8. The fourth-order valence-corrected chi connectivity index (χ4v) is 20.4. The Bertz CT molecular complexity index is 3290. The van der Waals surface area contributed by atoms with Crippen molar-refractivity contribution in [3.8, 4) is 11.8 Å². The monoisotopic (exact) mass is 1220 g/mol. The zero-order chi connectivity index (χ0) is 60.6. The molecule has 0 aromatic carbocycles. The van der Waals surface area contributed by atoms with E-state index in [0.29, 0.717) is 68.7 Å². The second-order valence-electron chi connectivity index (χ2n) is 30.1. The summed E-state index contributed by atoms with van der Waals surface area (Å²) in [5.41, 5.74) is 15.6. The Labute approximate surface area is 535 Å². The first-order valence-corrected chi connectivity index (χ1v) is 36.6. The van der Waals surface area contributed by atoms with Crippen LogP contribution in [0.2, 0.25) is 0 Å². The molecular weight excluding hydrogens is 1120 g/mol. The number of nitrogens with zero attached hydrogens (tertiary/aromatic N) is 4. The highest BCUT2D eigenvalue weighted by atomic mass is 32.2. The topological polar surface area (TPSA) is 118 Å². The zero-order valence-electron chi connectivity index (χ0n) is 53.7. The maximum Gasteiger partial charge on any atom is 0.323 e. The number of H-pyrrole nitrogens is 2. The van der Waals surface area contributed by atoms with Crippen molar-refractivity contribution in [1.82, 2.24) is 24.8 Å². The molecule has 13 rings (SSSR count). The SMILES string of the molecule is CC1CC(C)CC(c2c3nc(c(C#CC4CCC(C=C5SC(=S)N(CC(=O)O)C5=O)CC4)c4nc(c(C5CC(C)CC(C)C5)c5ccc([nH]5)c(N(C5CCC(C=C(C6CCCCC6)C6CCCCC6)CC5)C5CCCC(C)C5)c5ccc2[nH]5)C=C4)C=C3)C1. The summed E-state index contributed by atoms with van der Waals surface area (Å²) in [6.07, 6.45) is 49.0. The number of carboxylic acid groups (broad SMARTS) is 1. The van der Waals surface area contributed by atoms with Crippen molar-refractivity contribution in [3.05, 3.63) is 86.4 Å². The highest BCUT2D eigenvalue weighted by Gasteiger charge is 2.38. The van der Waals surface area contributed by atoms with E-state index in [1.807, 2.05) is 11.6 Å². The standard InChI is InChI=1S/C77H100N6O3S2/c1-47-13-12-18-60(43-47)83(59-26-23-53(24-27-59)44-62(55-14-8-6-9-15-55)56-16-10-7-11-17-56)75-69-35-33-67(80-69)73(57-39-48(2)37-49(3)40-57)65-31-29-63(78-65)61(28-25-52-19-21-54(22-20-52)45-71-76(86)82(46-72(84)85)77(87)88-71)64-30-32-66(79-64)74(68-34-36-70(75)81-68)58-41-50(4)38-51(5)42-58/h29-36,44-45,47-60,80-81H,6-24,26-27,37-43,46H2,1-5H3,(H,84,85). The maximum atomic E-state index is 13.2. The molecule has 10 aliphatic rings. The van der Waals surface area contributed by atoms with Crippen LogP contribution in [0.3, 0.4) is 0 Å². The molecule has 1 amide bonds. The number of carboxylic acids is 1. The molecule has 0 radical (unpaired) electrons. The third-order valence-electron chi connectivity index (χ3n) is 23.0. The molecule has 8 bridgehead atoms. The molecule has 6 heterocycles. The van der Waals surface area contributed by atoms with E-state index in [0.717, 1.165) is 91.5 Å². The first-order chi connectivity index (χ1) is 42.7. The van der Waals surface area contributed by atoms with Crippen LogP contribution in [0, 0.1) is 71.0 Å². The fraction of sp³-hybridized carbons (Fsp3) is 0.623. The molecular formula is C77H100N6O3S2. The van der Waals surface area contributed by atoms with Crippen molar-refractivity contribution in [2.75, 3.05) is 11.4 Å². The lowest BCUT2D eigenvalue weighted by atomic mass is 9.71. The smallest absolute Gasteiger partial charge is 0.323 e. The Kier molecular flexibility index (Phi) is 19.2. The summed E-state index contributed by atoms with van der Waals surface area (Å²) in [4.78, 5) is 49.6. The number of amides is 1. The number of thiocarbonyl (C=S) groups is 1. The van der Waals surface area contributed by atoms with Crippen LogP contribution < -0.4 is 4.90 Å². The van der Waals surface area contributed by atoms with E-state index in [1.54, 1.807) is 0 Å². The molecule has 9 nitrogen and oxygen atoms in total. The van der Waals surface area contributed by atoms with Crippen LogP contribution in [0.1, 0.15) is 266 Å². The van der Waals surface area contributed by atoms with Gasteiger partial charge in [-0.25, -0.2) is 9.97 Å². The fourth-order valence-electron chi connectivity index (χ4n) is 19.1. The van der Waals surface area contributed by atoms with Gasteiger partial charge in [0.2, 0.25) is 0 Å². The summed E-state index contributed by atoms with van der Waals surface area (Å²) in [7, 11) is 0. The van der Waals surface area contributed by atoms with Crippen LogP contribution in [0.15, 0.2) is 46.9 Å². The minimum atomic E-state index is -1.06. The maximum absolute atomic E-state index is 13.2. The van der Waals surface area contributed by atoms with Gasteiger partial charge in [0, 0.05) is 40.2 Å². The second kappa shape index (κ2) is 27.3. The number of carbonyl (C=O) groups excluding carboxylic acids is 1. The van der Waals surface area contributed by atoms with Gasteiger partial charge in [0.1, 0.15) is 10.9 Å². The lowest BCUT2D eigenvalue weighted by Gasteiger charge is -2.45. The Morgan fingerprint density at radius 3 is 1.64 bits per heavy atom. The minimum Gasteiger partial charge on any atom is -0.480 e. The highest BCUT2D eigenvalue weighted by molar-refractivity contribution is 8.26. The second-order valence-corrected chi connectivity index (χ2v) is 31.8. The van der Waals surface area contributed by atoms with Crippen molar-refractivity contribution in [2.45, 2.75) is 238 Å². The van der Waals surface area contributed by atoms with Crippen molar-refractivity contribution in [3.63, 3.8) is 0 Å². The Balaban J connectivity index is 0.939. The number of nitrogens with one attached hydrogen (secondary N) is 2. The van der Waals surface area contributed by atoms with E-state index < -0.39 is 12.5 Å². The molecule has 3 aromatic rings. The van der Waals surface area contributed by atoms with Gasteiger partial charge in [0.05, 0.1) is 50.0 Å². The van der Waals surface area contributed by atoms with Gasteiger partial charge in [0.25, 0.3) is 5.91 Å². The van der Waals surface area contributed by atoms with Crippen molar-refractivity contribution < 1.29 is 14.7 Å². The van der Waals surface area contributed by atoms with Crippen molar-refractivity contribution in [1.29, 1.82) is 0 Å². The molecule has 6 atom stereocenters. The zero-order valence-corrected chi connectivity index (χ0v) is 55.4. The number of aliphatic carboxylic acids is 1. The average Bonchev–Trinajstić information content (AvgIpc) is 3.08. The number of hydrogen-bond acceptors (Lipinski definition) is 7. The third-order valence-corrected chi connectivity index (χ3v) is 24.4. The number of aromatic amines is 2. The van der Waals surface area contributed by atoms with Crippen molar-refractivity contribution in [2.24, 2.45) is 59.2 Å². The summed E-state index contributed by atoms with van der Waals surface area (Å²) in [6, 6.07) is 10.7. The van der Waals surface area contributed by atoms with Gasteiger partial charge in [-0.05, 0) is 242 Å². The molecule has 1 saturated heterocycles. The minimum absolute atomic E-state index is 0.177. The normalized spacial score (nSPS) is 31.2. The summed E-state index contributed by atoms with van der Waals surface area (Å²) < 4.78 is 0.315. The lowest BCUT2D eigenvalue weighted by Crippen LogP contribution is -2.47. The van der Waals surface area contributed by atoms with Gasteiger partial charge in [-0.3, -0.25) is 14.5 Å². The van der Waals surface area contributed by atoms with Gasteiger partial charge in [-0.2, -0.15) is 0 Å². The largest absolute Gasteiger partial charge is 0.480 e. The number of hydrogen-bond donors (Lipinski definition) is 3. The Morgan fingerprint density at radius 1 is 0.602 bits per heavy atom. The van der Waals surface area contributed by atoms with Crippen LogP contribution in [0.5, 0.6) is 0 Å². The predicted molar refractivity (Wildman–Crippen MR) is 370 cm³/mol. The molecule has 7 aliphatic carbocycles. The molecule has 88 heavy (non-hydrogen) atoms. The quantitative estimate of drug-likeness (QED) is 0.0518. The van der Waals surface area contributed by atoms with Gasteiger partial charge >= 0.3 is 5.97 Å². The molecule has 468 valence electrons. The molecule has 3 aliphatic heterocycles. The molecule has 3 N–H and O–H groups in total. The number of aromatic nitrogens is 4. The molecule has 0 spiro atoms. The first-order valence-electron chi connectivity index (χ1n) is 35.4. The number of allylic oxidation sites excluding steroid dienone is 3.